The second-order valence-electron chi connectivity index (χ2n) is 6.12. The summed E-state index contributed by atoms with van der Waals surface area (Å²) in [4.78, 5) is 4.57. The lowest BCUT2D eigenvalue weighted by molar-refractivity contribution is 0.463. The van der Waals surface area contributed by atoms with Crippen molar-refractivity contribution >= 4 is 17.4 Å². The Balaban J connectivity index is 1.69. The highest BCUT2D eigenvalue weighted by atomic mass is 32.2. The van der Waals surface area contributed by atoms with E-state index in [4.69, 9.17) is 4.42 Å². The topological polar surface area (TPSA) is 56.2 Å². The maximum atomic E-state index is 5.86. The van der Waals surface area contributed by atoms with Crippen LogP contribution in [0.2, 0.25) is 0 Å². The molecule has 0 fully saturated rings. The minimum absolute atomic E-state index is 0.541. The molecule has 0 radical (unpaired) electrons. The first-order valence-corrected chi connectivity index (χ1v) is 9.59. The second kappa shape index (κ2) is 7.83. The van der Waals surface area contributed by atoms with E-state index >= 15 is 0 Å². The van der Waals surface area contributed by atoms with Crippen LogP contribution in [0, 0.1) is 13.8 Å². The van der Waals surface area contributed by atoms with Crippen molar-refractivity contribution in [3.63, 3.8) is 0 Å². The van der Waals surface area contributed by atoms with E-state index in [1.54, 1.807) is 11.8 Å². The van der Waals surface area contributed by atoms with Crippen molar-refractivity contribution in [2.24, 2.45) is 0 Å². The third kappa shape index (κ3) is 3.80. The van der Waals surface area contributed by atoms with E-state index in [0.29, 0.717) is 11.1 Å². The van der Waals surface area contributed by atoms with E-state index < -0.39 is 0 Å². The molecule has 0 aliphatic heterocycles. The minimum atomic E-state index is 0.541. The number of hydrogen-bond donors (Lipinski definition) is 0. The maximum absolute atomic E-state index is 5.86. The number of unbranched alkanes of at least 4 members (excludes halogenated alkanes) is 4. The molecule has 0 aromatic carbocycles. The molecule has 0 aliphatic rings. The van der Waals surface area contributed by atoms with Crippen LogP contribution in [0.4, 0.5) is 0 Å². The molecule has 0 unspecified atom stereocenters. The molecule has 0 amide bonds. The first-order chi connectivity index (χ1) is 11.7. The fraction of sp³-hybridized carbons (Fsp3) is 0.500. The number of hydrogen-bond acceptors (Lipinski definition) is 5. The van der Waals surface area contributed by atoms with Crippen LogP contribution in [-0.2, 0) is 0 Å². The summed E-state index contributed by atoms with van der Waals surface area (Å²) in [6, 6.07) is 4.06. The predicted molar refractivity (Wildman–Crippen MR) is 97.4 cm³/mol. The molecular formula is C18H24N4OS. The van der Waals surface area contributed by atoms with Gasteiger partial charge in [0.25, 0.3) is 11.1 Å². The molecule has 3 aromatic rings. The summed E-state index contributed by atoms with van der Waals surface area (Å²) in [7, 11) is 0. The Morgan fingerprint density at radius 1 is 1.08 bits per heavy atom. The molecule has 0 atom stereocenters. The van der Waals surface area contributed by atoms with Crippen LogP contribution in [0.15, 0.2) is 28.0 Å². The molecule has 3 heterocycles. The number of aromatic nitrogens is 4. The fourth-order valence-corrected chi connectivity index (χ4v) is 3.51. The van der Waals surface area contributed by atoms with Crippen molar-refractivity contribution in [3.8, 4) is 11.6 Å². The average Bonchev–Trinajstić information content (AvgIpc) is 3.14. The molecule has 0 N–H and O–H groups in total. The SMILES string of the molecule is CCCCCCCSc1nnc(-c2c(C)nc3ccc(C)cn23)o1. The Morgan fingerprint density at radius 3 is 2.75 bits per heavy atom. The molecule has 0 saturated heterocycles. The summed E-state index contributed by atoms with van der Waals surface area (Å²) in [6.45, 7) is 6.27. The van der Waals surface area contributed by atoms with Crippen molar-refractivity contribution in [2.75, 3.05) is 5.75 Å². The highest BCUT2D eigenvalue weighted by molar-refractivity contribution is 7.99. The van der Waals surface area contributed by atoms with E-state index in [2.05, 4.69) is 41.3 Å². The third-order valence-corrected chi connectivity index (χ3v) is 4.93. The van der Waals surface area contributed by atoms with Gasteiger partial charge in [-0.1, -0.05) is 50.4 Å². The van der Waals surface area contributed by atoms with Gasteiger partial charge in [0.05, 0.1) is 5.69 Å². The van der Waals surface area contributed by atoms with Gasteiger partial charge in [-0.2, -0.15) is 0 Å². The Kier molecular flexibility index (Phi) is 5.56. The normalized spacial score (nSPS) is 11.5. The Bertz CT molecular complexity index is 809. The molecule has 0 aliphatic carbocycles. The largest absolute Gasteiger partial charge is 0.410 e. The molecule has 3 rings (SSSR count). The summed E-state index contributed by atoms with van der Waals surface area (Å²) in [6.07, 6.45) is 8.42. The summed E-state index contributed by atoms with van der Waals surface area (Å²) < 4.78 is 7.89. The van der Waals surface area contributed by atoms with E-state index in [9.17, 15) is 0 Å². The van der Waals surface area contributed by atoms with Gasteiger partial charge in [0, 0.05) is 11.9 Å². The fourth-order valence-electron chi connectivity index (χ4n) is 2.76. The number of pyridine rings is 1. The van der Waals surface area contributed by atoms with Crippen molar-refractivity contribution in [3.05, 3.63) is 29.6 Å². The first kappa shape index (κ1) is 17.0. The van der Waals surface area contributed by atoms with Gasteiger partial charge < -0.3 is 4.42 Å². The van der Waals surface area contributed by atoms with Crippen LogP contribution in [0.25, 0.3) is 17.2 Å². The van der Waals surface area contributed by atoms with Gasteiger partial charge in [-0.15, -0.1) is 10.2 Å². The maximum Gasteiger partial charge on any atom is 0.276 e. The van der Waals surface area contributed by atoms with Crippen LogP contribution in [-0.4, -0.2) is 25.3 Å². The van der Waals surface area contributed by atoms with Crippen molar-refractivity contribution in [2.45, 2.75) is 58.1 Å². The third-order valence-electron chi connectivity index (χ3n) is 4.02. The molecule has 128 valence electrons. The Morgan fingerprint density at radius 2 is 1.92 bits per heavy atom. The van der Waals surface area contributed by atoms with Gasteiger partial charge in [0.1, 0.15) is 11.3 Å². The molecule has 0 saturated carbocycles. The predicted octanol–water partition coefficient (Wildman–Crippen LogP) is 5.06. The smallest absolute Gasteiger partial charge is 0.276 e. The summed E-state index contributed by atoms with van der Waals surface area (Å²) in [5, 5.41) is 9.05. The van der Waals surface area contributed by atoms with Crippen LogP contribution in [0.3, 0.4) is 0 Å². The second-order valence-corrected chi connectivity index (χ2v) is 7.16. The van der Waals surface area contributed by atoms with Crippen LogP contribution < -0.4 is 0 Å². The molecule has 24 heavy (non-hydrogen) atoms. The molecule has 6 heteroatoms. The number of rotatable bonds is 8. The molecule has 0 spiro atoms. The van der Waals surface area contributed by atoms with Gasteiger partial charge in [0.2, 0.25) is 0 Å². The van der Waals surface area contributed by atoms with Gasteiger partial charge in [0.15, 0.2) is 0 Å². The average molecular weight is 344 g/mol. The van der Waals surface area contributed by atoms with E-state index in [0.717, 1.165) is 22.8 Å². The molecular weight excluding hydrogens is 320 g/mol. The zero-order chi connectivity index (χ0) is 16.9. The van der Waals surface area contributed by atoms with Crippen molar-refractivity contribution < 1.29 is 4.42 Å². The van der Waals surface area contributed by atoms with Gasteiger partial charge in [-0.3, -0.25) is 4.40 Å². The lowest BCUT2D eigenvalue weighted by Crippen LogP contribution is -1.90. The van der Waals surface area contributed by atoms with Crippen LogP contribution in [0.1, 0.15) is 50.3 Å². The number of fused-ring (bicyclic) bond motifs is 1. The van der Waals surface area contributed by atoms with E-state index in [1.165, 1.54) is 37.7 Å². The monoisotopic (exact) mass is 344 g/mol. The quantitative estimate of drug-likeness (QED) is 0.422. The molecule has 3 aromatic heterocycles. The summed E-state index contributed by atoms with van der Waals surface area (Å²) >= 11 is 1.64. The van der Waals surface area contributed by atoms with E-state index in [1.807, 2.05) is 17.4 Å². The zero-order valence-corrected chi connectivity index (χ0v) is 15.4. The number of nitrogens with zero attached hydrogens (tertiary/aromatic N) is 4. The standard InChI is InChI=1S/C18H24N4OS/c1-4-5-6-7-8-11-24-18-21-20-17(23-18)16-14(3)19-15-10-9-13(2)12-22(15)16/h9-10,12H,4-8,11H2,1-3H3. The van der Waals surface area contributed by atoms with Crippen molar-refractivity contribution in [1.82, 2.24) is 19.6 Å². The summed E-state index contributed by atoms with van der Waals surface area (Å²) in [5.74, 6) is 1.57. The summed E-state index contributed by atoms with van der Waals surface area (Å²) in [5.41, 5.74) is 3.86. The number of imidazole rings is 1. The highest BCUT2D eigenvalue weighted by Gasteiger charge is 2.17. The molecule has 0 bridgehead atoms. The van der Waals surface area contributed by atoms with E-state index in [-0.39, 0.29) is 0 Å². The number of thioether (sulfide) groups is 1. The Hall–Kier alpha value is -1.82. The molecule has 5 nitrogen and oxygen atoms in total. The first-order valence-electron chi connectivity index (χ1n) is 8.61. The highest BCUT2D eigenvalue weighted by Crippen LogP contribution is 2.27. The zero-order valence-electron chi connectivity index (χ0n) is 14.6. The van der Waals surface area contributed by atoms with Crippen LogP contribution in [0.5, 0.6) is 0 Å². The Labute approximate surface area is 146 Å². The van der Waals surface area contributed by atoms with Crippen LogP contribution >= 0.6 is 11.8 Å². The van der Waals surface area contributed by atoms with Gasteiger partial charge in [-0.05, 0) is 31.9 Å². The number of aryl methyl sites for hydroxylation is 2. The lowest BCUT2D eigenvalue weighted by atomic mass is 10.2. The minimum Gasteiger partial charge on any atom is -0.410 e. The van der Waals surface area contributed by atoms with Gasteiger partial charge in [-0.25, -0.2) is 4.98 Å². The van der Waals surface area contributed by atoms with Crippen molar-refractivity contribution in [1.29, 1.82) is 0 Å². The lowest BCUT2D eigenvalue weighted by Gasteiger charge is -2.00. The van der Waals surface area contributed by atoms with Gasteiger partial charge >= 0.3 is 0 Å².